The number of halogens is 4. The van der Waals surface area contributed by atoms with Gasteiger partial charge in [0.1, 0.15) is 0 Å². The zero-order valence-corrected chi connectivity index (χ0v) is 76.0. The molecule has 0 amide bonds. The molecule has 0 unspecified atom stereocenters. The van der Waals surface area contributed by atoms with Crippen molar-refractivity contribution >= 4 is 223 Å². The van der Waals surface area contributed by atoms with Gasteiger partial charge in [-0.3, -0.25) is 0 Å². The average molecular weight is 1860 g/mol. The molecule has 26 rings (SSSR count). The Morgan fingerprint density at radius 3 is 1.01 bits per heavy atom. The summed E-state index contributed by atoms with van der Waals surface area (Å²) >= 11 is 16.9. The highest BCUT2D eigenvalue weighted by Gasteiger charge is 2.52. The Morgan fingerprint density at radius 2 is 0.578 bits per heavy atom. The van der Waals surface area contributed by atoms with Crippen molar-refractivity contribution in [2.24, 2.45) is 0 Å². The minimum absolute atomic E-state index is 0.196. The summed E-state index contributed by atoms with van der Waals surface area (Å²) in [5.41, 5.74) is 15.2. The molecule has 128 heavy (non-hydrogen) atoms. The molecule has 21 aromatic carbocycles. The first-order valence-electron chi connectivity index (χ1n) is 43.2. The SMILES string of the molecule is Brc1ccc(-n2c3ccc4ccccc4c3c3c4ccccc4ccc32)c2ccccc12.Brc1ccc(Br)c2ccccc12.CC1(C)OB(c2ccc(-n3c4ccc5ccccc5c4c4c5ccccc5ccc43)c3ccccc23)OC1(C)C.Clc1nc(-c2ccccc2)nc(-c2ccc3ccccc3c2)n1.c1ccc2c3c(ccc2c1)Cc1ccc2ccccc2c1-3. The highest BCUT2D eigenvalue weighted by molar-refractivity contribution is 9.11. The summed E-state index contributed by atoms with van der Waals surface area (Å²) in [4.78, 5) is 13.1. The Balaban J connectivity index is 0.0000000987. The molecule has 0 atom stereocenters. The first-order valence-corrected chi connectivity index (χ1v) is 45.9. The minimum Gasteiger partial charge on any atom is -0.399 e. The smallest absolute Gasteiger partial charge is 0.399 e. The fraction of sp³-hybridized carbons (Fsp3) is 0.0603. The Kier molecular flexibility index (Phi) is 20.8. The van der Waals surface area contributed by atoms with Crippen LogP contribution in [-0.4, -0.2) is 42.4 Å². The fourth-order valence-corrected chi connectivity index (χ4v) is 20.8. The van der Waals surface area contributed by atoms with Crippen LogP contribution in [-0.2, 0) is 15.7 Å². The van der Waals surface area contributed by atoms with Crippen LogP contribution in [0.4, 0.5) is 0 Å². The van der Waals surface area contributed by atoms with Gasteiger partial charge in [0.15, 0.2) is 11.6 Å². The predicted molar refractivity (Wildman–Crippen MR) is 552 cm³/mol. The van der Waals surface area contributed by atoms with Gasteiger partial charge >= 0.3 is 7.12 Å². The third-order valence-corrected chi connectivity index (χ3v) is 28.2. The van der Waals surface area contributed by atoms with Gasteiger partial charge in [-0.1, -0.05) is 388 Å². The summed E-state index contributed by atoms with van der Waals surface area (Å²) in [5.74, 6) is 1.16. The van der Waals surface area contributed by atoms with E-state index in [0.717, 1.165) is 52.9 Å². The topological polar surface area (TPSA) is 67.0 Å². The van der Waals surface area contributed by atoms with E-state index < -0.39 is 18.3 Å². The van der Waals surface area contributed by atoms with Crippen LogP contribution in [0.1, 0.15) is 38.8 Å². The first-order chi connectivity index (χ1) is 62.6. The van der Waals surface area contributed by atoms with Crippen LogP contribution in [0.15, 0.2) is 414 Å². The summed E-state index contributed by atoms with van der Waals surface area (Å²) in [6.07, 6.45) is 1.06. The van der Waals surface area contributed by atoms with Gasteiger partial charge in [0, 0.05) is 56.9 Å². The molecule has 3 aromatic heterocycles. The molecular weight excluding hydrogens is 1780 g/mol. The standard InChI is InChI=1S/C36H30BNO2.C30H18BrN.C21H14.C19H12ClN3.C10H6Br2/c1-35(2)36(3,4)40-37(39-35)29-19-22-30(28-16-10-9-15-27(28)29)38-31-20-17-23-11-5-7-13-25(23)33(31)34-26-14-8-6-12-24(26)18-21-32(34)38;31-25-15-18-26(24-12-6-5-11-23(24)25)32-27-16-13-19-7-1-3-9-21(19)29(27)30-22-10-4-2-8-20(22)14-17-28(30)32;1-3-7-18-14(5-1)9-11-16-13-17-12-10-15-6-2-4-8-19(15)21(17)20(16)18;20-19-22-17(14-7-2-1-3-8-14)21-18(23-19)16-11-10-13-6-4-5-9-15(13)12-16;11-9-5-6-10(12)8-4-2-1-3-7(8)9/h5-22H,1-4H3;1-18H;1-12H,13H2;1-12H;1-6H. The molecule has 1 saturated heterocycles. The van der Waals surface area contributed by atoms with Gasteiger partial charge in [0.2, 0.25) is 5.28 Å². The van der Waals surface area contributed by atoms with Gasteiger partial charge in [-0.25, -0.2) is 4.98 Å². The van der Waals surface area contributed by atoms with Crippen LogP contribution in [0.2, 0.25) is 5.28 Å². The lowest BCUT2D eigenvalue weighted by molar-refractivity contribution is 0.00578. The lowest BCUT2D eigenvalue weighted by Gasteiger charge is -2.32. The molecule has 1 fully saturated rings. The minimum atomic E-state index is -0.421. The van der Waals surface area contributed by atoms with Crippen molar-refractivity contribution in [3.63, 3.8) is 0 Å². The van der Waals surface area contributed by atoms with E-state index in [1.54, 1.807) is 0 Å². The summed E-state index contributed by atoms with van der Waals surface area (Å²) in [6, 6.07) is 142. The van der Waals surface area contributed by atoms with E-state index in [-0.39, 0.29) is 5.28 Å². The van der Waals surface area contributed by atoms with E-state index in [0.29, 0.717) is 11.6 Å². The van der Waals surface area contributed by atoms with Gasteiger partial charge in [0.05, 0.1) is 44.6 Å². The number of aromatic nitrogens is 5. The monoisotopic (exact) mass is 1860 g/mol. The maximum absolute atomic E-state index is 6.50. The van der Waals surface area contributed by atoms with Crippen LogP contribution >= 0.6 is 59.4 Å². The van der Waals surface area contributed by atoms with Crippen molar-refractivity contribution in [3.8, 4) is 45.3 Å². The summed E-state index contributed by atoms with van der Waals surface area (Å²) < 4.78 is 21.3. The second-order valence-corrected chi connectivity index (χ2v) is 36.8. The molecule has 4 heterocycles. The third kappa shape index (κ3) is 14.2. The van der Waals surface area contributed by atoms with E-state index in [1.165, 1.54) is 169 Å². The molecule has 1 aliphatic heterocycles. The number of hydrogen-bond donors (Lipinski definition) is 0. The second kappa shape index (κ2) is 33.1. The van der Waals surface area contributed by atoms with Crippen molar-refractivity contribution in [1.29, 1.82) is 0 Å². The summed E-state index contributed by atoms with van der Waals surface area (Å²) in [7, 11) is -0.421. The number of nitrogens with zero attached hydrogens (tertiary/aromatic N) is 5. The van der Waals surface area contributed by atoms with Crippen molar-refractivity contribution in [2.45, 2.75) is 45.3 Å². The van der Waals surface area contributed by atoms with Gasteiger partial charge in [-0.15, -0.1) is 0 Å². The van der Waals surface area contributed by atoms with E-state index in [1.807, 2.05) is 72.8 Å². The molecule has 12 heteroatoms. The Morgan fingerprint density at radius 1 is 0.273 bits per heavy atom. The molecule has 0 saturated carbocycles. The van der Waals surface area contributed by atoms with Gasteiger partial charge in [-0.2, -0.15) is 9.97 Å². The van der Waals surface area contributed by atoms with E-state index >= 15 is 0 Å². The normalized spacial score (nSPS) is 13.2. The second-order valence-electron chi connectivity index (χ2n) is 33.9. The van der Waals surface area contributed by atoms with Gasteiger partial charge in [0.25, 0.3) is 0 Å². The number of hydrogen-bond acceptors (Lipinski definition) is 5. The lowest BCUT2D eigenvalue weighted by atomic mass is 9.76. The maximum atomic E-state index is 6.50. The van der Waals surface area contributed by atoms with Crippen LogP contribution in [0.5, 0.6) is 0 Å². The Hall–Kier alpha value is -13.5. The van der Waals surface area contributed by atoms with Crippen LogP contribution in [0.3, 0.4) is 0 Å². The first kappa shape index (κ1) is 80.4. The van der Waals surface area contributed by atoms with E-state index in [2.05, 4.69) is 427 Å². The number of fused-ring (bicyclic) bond motifs is 25. The molecule has 2 aliphatic rings. The third-order valence-electron chi connectivity index (χ3n) is 26.0. The van der Waals surface area contributed by atoms with Crippen molar-refractivity contribution in [2.75, 3.05) is 0 Å². The molecule has 0 N–H and O–H groups in total. The Labute approximate surface area is 771 Å². The number of rotatable bonds is 5. The molecule has 1 aliphatic carbocycles. The quantitative estimate of drug-likeness (QED) is 0.161. The molecule has 0 radical (unpaired) electrons. The summed E-state index contributed by atoms with van der Waals surface area (Å²) in [6.45, 7) is 8.43. The van der Waals surface area contributed by atoms with Gasteiger partial charge < -0.3 is 18.4 Å². The van der Waals surface area contributed by atoms with Crippen molar-refractivity contribution in [1.82, 2.24) is 24.1 Å². The summed E-state index contributed by atoms with van der Waals surface area (Å²) in [5, 5.41) is 30.6. The Bertz CT molecular complexity index is 8280. The van der Waals surface area contributed by atoms with Crippen molar-refractivity contribution < 1.29 is 9.31 Å². The lowest BCUT2D eigenvalue weighted by Crippen LogP contribution is -2.41. The maximum Gasteiger partial charge on any atom is 0.495 e. The van der Waals surface area contributed by atoms with E-state index in [4.69, 9.17) is 20.9 Å². The molecular formula is C116H80BBr3ClN5O2. The number of benzene rings is 21. The van der Waals surface area contributed by atoms with Gasteiger partial charge in [-0.05, 0) is 231 Å². The van der Waals surface area contributed by atoms with Crippen LogP contribution < -0.4 is 5.46 Å². The molecule has 0 spiro atoms. The molecule has 24 aromatic rings. The van der Waals surface area contributed by atoms with Crippen molar-refractivity contribution in [3.05, 3.63) is 430 Å². The van der Waals surface area contributed by atoms with E-state index in [9.17, 15) is 0 Å². The fourth-order valence-electron chi connectivity index (χ4n) is 19.2. The average Bonchev–Trinajstić information content (AvgIpc) is 1.55. The zero-order valence-electron chi connectivity index (χ0n) is 70.5. The van der Waals surface area contributed by atoms with Crippen LogP contribution in [0, 0.1) is 0 Å². The zero-order chi connectivity index (χ0) is 86.5. The van der Waals surface area contributed by atoms with Crippen LogP contribution in [0.25, 0.3) is 197 Å². The molecule has 7 nitrogen and oxygen atoms in total. The highest BCUT2D eigenvalue weighted by atomic mass is 79.9. The predicted octanol–water partition coefficient (Wildman–Crippen LogP) is 32.5. The largest absolute Gasteiger partial charge is 0.495 e. The molecule has 612 valence electrons. The molecule has 0 bridgehead atoms. The highest BCUT2D eigenvalue weighted by Crippen LogP contribution is 2.48.